The molecule has 3 atom stereocenters. The van der Waals surface area contributed by atoms with E-state index in [1.807, 2.05) is 53.7 Å². The number of carbonyl (C=O) groups excluding carboxylic acids is 3. The number of nitrogens with zero attached hydrogens (tertiary/aromatic N) is 1. The molecular weight excluding hydrogens is 484 g/mol. The summed E-state index contributed by atoms with van der Waals surface area (Å²) in [4.78, 5) is 46.7. The lowest BCUT2D eigenvalue weighted by Gasteiger charge is -2.26. The van der Waals surface area contributed by atoms with Gasteiger partial charge in [-0.15, -0.1) is 0 Å². The number of fused-ring (bicyclic) bond motifs is 1. The topological polar surface area (TPSA) is 133 Å². The highest BCUT2D eigenvalue weighted by molar-refractivity contribution is 6.01. The molecule has 0 saturated carbocycles. The summed E-state index contributed by atoms with van der Waals surface area (Å²) >= 11 is 0. The molecule has 9 nitrogen and oxygen atoms in total. The summed E-state index contributed by atoms with van der Waals surface area (Å²) in [6.45, 7) is 11.7. The van der Waals surface area contributed by atoms with Crippen molar-refractivity contribution in [3.8, 4) is 17.1 Å². The Hall–Kier alpha value is -3.88. The number of phenolic OH excluding ortho intramolecular Hbond substituents is 1. The summed E-state index contributed by atoms with van der Waals surface area (Å²) in [5.41, 5.74) is 4.57. The van der Waals surface area contributed by atoms with Crippen molar-refractivity contribution in [2.75, 3.05) is 7.11 Å². The van der Waals surface area contributed by atoms with Gasteiger partial charge in [-0.05, 0) is 73.6 Å². The average molecular weight is 523 g/mol. The van der Waals surface area contributed by atoms with Crippen LogP contribution in [0.3, 0.4) is 0 Å². The van der Waals surface area contributed by atoms with Crippen LogP contribution < -0.4 is 10.6 Å². The summed E-state index contributed by atoms with van der Waals surface area (Å²) in [6.07, 6.45) is 0.998. The fraction of sp³-hybridized carbons (Fsp3) is 0.448. The second kappa shape index (κ2) is 12.1. The van der Waals surface area contributed by atoms with E-state index >= 15 is 0 Å². The number of H-pyrrole nitrogens is 1. The molecule has 0 bridgehead atoms. The van der Waals surface area contributed by atoms with Crippen LogP contribution in [0, 0.1) is 25.7 Å². The van der Waals surface area contributed by atoms with Gasteiger partial charge >= 0.3 is 5.97 Å². The van der Waals surface area contributed by atoms with Crippen LogP contribution in [0.4, 0.5) is 0 Å². The van der Waals surface area contributed by atoms with Crippen LogP contribution in [0.1, 0.15) is 62.0 Å². The minimum absolute atomic E-state index is 0.0170. The van der Waals surface area contributed by atoms with Gasteiger partial charge < -0.3 is 25.5 Å². The molecule has 4 N–H and O–H groups in total. The monoisotopic (exact) mass is 522 g/mol. The lowest BCUT2D eigenvalue weighted by Crippen LogP contribution is -2.54. The van der Waals surface area contributed by atoms with Crippen LogP contribution in [0.25, 0.3) is 22.4 Å². The number of hydrogen-bond donors (Lipinski definition) is 4. The Bertz CT molecular complexity index is 1290. The zero-order valence-corrected chi connectivity index (χ0v) is 23.1. The molecule has 0 radical (unpaired) electrons. The standard InChI is InChI=1S/C29H38N4O5/c1-8-16(4)25(29(37)38-7)33-28(36)23(11-15(2)3)32-27(35)20-14-19(9-10-24(20)34)26-30-21-12-17(5)18(6)13-22(21)31-26/h9-10,12-16,23,25,34H,8,11H2,1-7H3,(H,30,31)(H,32,35)(H,33,36)/t16-,23-,25-/m0/s1. The van der Waals surface area contributed by atoms with E-state index in [1.54, 1.807) is 12.1 Å². The van der Waals surface area contributed by atoms with E-state index in [0.29, 0.717) is 24.2 Å². The Morgan fingerprint density at radius 1 is 1.05 bits per heavy atom. The smallest absolute Gasteiger partial charge is 0.328 e. The van der Waals surface area contributed by atoms with Gasteiger partial charge in [-0.1, -0.05) is 34.1 Å². The predicted molar refractivity (Wildman–Crippen MR) is 147 cm³/mol. The number of imidazole rings is 1. The molecule has 1 heterocycles. The molecule has 2 amide bonds. The zero-order chi connectivity index (χ0) is 28.1. The van der Waals surface area contributed by atoms with Gasteiger partial charge in [0.2, 0.25) is 5.91 Å². The number of amides is 2. The molecule has 1 aromatic heterocycles. The van der Waals surface area contributed by atoms with Crippen molar-refractivity contribution >= 4 is 28.8 Å². The summed E-state index contributed by atoms with van der Waals surface area (Å²) < 4.78 is 4.87. The Labute approximate surface area is 223 Å². The highest BCUT2D eigenvalue weighted by Gasteiger charge is 2.31. The fourth-order valence-electron chi connectivity index (χ4n) is 4.26. The van der Waals surface area contributed by atoms with Gasteiger partial charge in [-0.2, -0.15) is 0 Å². The highest BCUT2D eigenvalue weighted by Crippen LogP contribution is 2.27. The van der Waals surface area contributed by atoms with Gasteiger partial charge in [-0.3, -0.25) is 9.59 Å². The number of aromatic amines is 1. The molecule has 9 heteroatoms. The molecule has 0 saturated heterocycles. The molecule has 0 aliphatic carbocycles. The molecule has 2 aromatic carbocycles. The van der Waals surface area contributed by atoms with Gasteiger partial charge in [0.05, 0.1) is 23.7 Å². The fourth-order valence-corrected chi connectivity index (χ4v) is 4.26. The van der Waals surface area contributed by atoms with Crippen LogP contribution in [0.2, 0.25) is 0 Å². The number of aromatic nitrogens is 2. The molecule has 0 aliphatic rings. The van der Waals surface area contributed by atoms with Crippen molar-refractivity contribution in [2.45, 2.75) is 66.5 Å². The number of aromatic hydroxyl groups is 1. The largest absolute Gasteiger partial charge is 0.507 e. The van der Waals surface area contributed by atoms with Gasteiger partial charge in [-0.25, -0.2) is 9.78 Å². The quantitative estimate of drug-likeness (QED) is 0.292. The number of aryl methyl sites for hydroxylation is 2. The van der Waals surface area contributed by atoms with Crippen molar-refractivity contribution in [1.29, 1.82) is 0 Å². The first-order valence-electron chi connectivity index (χ1n) is 12.9. The highest BCUT2D eigenvalue weighted by atomic mass is 16.5. The molecule has 0 fully saturated rings. The van der Waals surface area contributed by atoms with Gasteiger partial charge in [0, 0.05) is 5.56 Å². The first kappa shape index (κ1) is 28.7. The van der Waals surface area contributed by atoms with E-state index < -0.39 is 29.9 Å². The van der Waals surface area contributed by atoms with Crippen LogP contribution in [-0.2, 0) is 14.3 Å². The number of esters is 1. The van der Waals surface area contributed by atoms with Crippen LogP contribution in [-0.4, -0.2) is 52.1 Å². The van der Waals surface area contributed by atoms with Crippen LogP contribution in [0.15, 0.2) is 30.3 Å². The van der Waals surface area contributed by atoms with Gasteiger partial charge in [0.1, 0.15) is 23.7 Å². The molecule has 0 aliphatic heterocycles. The summed E-state index contributed by atoms with van der Waals surface area (Å²) in [5, 5.41) is 16.0. The van der Waals surface area contributed by atoms with E-state index in [-0.39, 0.29) is 23.1 Å². The molecule has 38 heavy (non-hydrogen) atoms. The molecular formula is C29H38N4O5. The lowest BCUT2D eigenvalue weighted by molar-refractivity contribution is -0.146. The number of ether oxygens (including phenoxy) is 1. The zero-order valence-electron chi connectivity index (χ0n) is 23.1. The third-order valence-electron chi connectivity index (χ3n) is 6.91. The maximum atomic E-state index is 13.3. The van der Waals surface area contributed by atoms with Crippen molar-refractivity contribution < 1.29 is 24.2 Å². The number of nitrogens with one attached hydrogen (secondary N) is 3. The second-order valence-corrected chi connectivity index (χ2v) is 10.3. The van der Waals surface area contributed by atoms with Crippen LogP contribution in [0.5, 0.6) is 5.75 Å². The lowest BCUT2D eigenvalue weighted by atomic mass is 9.97. The minimum atomic E-state index is -0.918. The third-order valence-corrected chi connectivity index (χ3v) is 6.91. The van der Waals surface area contributed by atoms with Crippen molar-refractivity contribution in [3.05, 3.63) is 47.0 Å². The van der Waals surface area contributed by atoms with Gasteiger partial charge in [0.25, 0.3) is 5.91 Å². The normalized spacial score (nSPS) is 13.7. The van der Waals surface area contributed by atoms with E-state index in [9.17, 15) is 19.5 Å². The molecule has 0 spiro atoms. The van der Waals surface area contributed by atoms with E-state index in [4.69, 9.17) is 4.74 Å². The van der Waals surface area contributed by atoms with E-state index in [2.05, 4.69) is 20.6 Å². The van der Waals surface area contributed by atoms with Gasteiger partial charge in [0.15, 0.2) is 0 Å². The van der Waals surface area contributed by atoms with E-state index in [1.165, 1.54) is 13.2 Å². The summed E-state index contributed by atoms with van der Waals surface area (Å²) in [7, 11) is 1.28. The first-order chi connectivity index (χ1) is 17.9. The minimum Gasteiger partial charge on any atom is -0.507 e. The summed E-state index contributed by atoms with van der Waals surface area (Å²) in [5.74, 6) is -1.36. The Balaban J connectivity index is 1.87. The number of rotatable bonds is 10. The number of methoxy groups -OCH3 is 1. The SMILES string of the molecule is CC[C@H](C)[C@H](NC(=O)[C@H](CC(C)C)NC(=O)c1cc(-c2nc3cc(C)c(C)cc3[nH]2)ccc1O)C(=O)OC. The Morgan fingerprint density at radius 3 is 2.37 bits per heavy atom. The van der Waals surface area contributed by atoms with Crippen molar-refractivity contribution in [2.24, 2.45) is 11.8 Å². The first-order valence-corrected chi connectivity index (χ1v) is 12.9. The number of hydrogen-bond acceptors (Lipinski definition) is 6. The third kappa shape index (κ3) is 6.51. The van der Waals surface area contributed by atoms with E-state index in [0.717, 1.165) is 22.2 Å². The second-order valence-electron chi connectivity index (χ2n) is 10.3. The van der Waals surface area contributed by atoms with Crippen molar-refractivity contribution in [3.63, 3.8) is 0 Å². The predicted octanol–water partition coefficient (Wildman–Crippen LogP) is 4.40. The number of phenols is 1. The maximum absolute atomic E-state index is 13.3. The maximum Gasteiger partial charge on any atom is 0.328 e. The molecule has 204 valence electrons. The molecule has 3 aromatic rings. The summed E-state index contributed by atoms with van der Waals surface area (Å²) in [6, 6.07) is 6.92. The molecule has 0 unspecified atom stereocenters. The van der Waals surface area contributed by atoms with Crippen molar-refractivity contribution in [1.82, 2.24) is 20.6 Å². The average Bonchev–Trinajstić information content (AvgIpc) is 3.28. The van der Waals surface area contributed by atoms with Crippen LogP contribution >= 0.6 is 0 Å². The number of carbonyl (C=O) groups is 3. The Kier molecular flexibility index (Phi) is 9.14. The Morgan fingerprint density at radius 2 is 1.74 bits per heavy atom. The molecule has 3 rings (SSSR count). The number of benzene rings is 2.